The van der Waals surface area contributed by atoms with Crippen molar-refractivity contribution in [3.05, 3.63) is 46.1 Å². The maximum Gasteiger partial charge on any atom is 0.251 e. The fraction of sp³-hybridized carbons (Fsp3) is 0.182. The molecule has 0 atom stereocenters. The normalized spacial score (nSPS) is 10.4. The summed E-state index contributed by atoms with van der Waals surface area (Å²) in [4.78, 5) is 22.3. The number of pyridine rings is 1. The highest BCUT2D eigenvalue weighted by atomic mass is 16.1. The first-order valence-electron chi connectivity index (χ1n) is 4.92. The molecule has 0 aliphatic heterocycles. The summed E-state index contributed by atoms with van der Waals surface area (Å²) in [5.74, 6) is 0.513. The molecule has 0 aromatic carbocycles. The molecule has 0 saturated carbocycles. The molecular weight excluding hydrogens is 204 g/mol. The molecule has 16 heavy (non-hydrogen) atoms. The summed E-state index contributed by atoms with van der Waals surface area (Å²) in [6, 6.07) is 3.26. The highest BCUT2D eigenvalue weighted by molar-refractivity contribution is 5.57. The van der Waals surface area contributed by atoms with Gasteiger partial charge < -0.3 is 10.7 Å². The molecule has 0 bridgehead atoms. The average Bonchev–Trinajstić information content (AvgIpc) is 2.28. The largest absolute Gasteiger partial charge is 0.325 e. The number of aromatic nitrogens is 3. The summed E-state index contributed by atoms with van der Waals surface area (Å²) in [6.07, 6.45) is 3.37. The Morgan fingerprint density at radius 2 is 2.31 bits per heavy atom. The van der Waals surface area contributed by atoms with E-state index in [1.165, 1.54) is 6.07 Å². The molecule has 0 spiro atoms. The standard InChI is InChI=1S/C11H12N4O/c1-7-2-3-13-6-9(7)11-14-8(5-12)4-10(16)15-11/h2-4,6H,5,12H2,1H3,(H,14,15,16). The Morgan fingerprint density at radius 3 is 3.00 bits per heavy atom. The van der Waals surface area contributed by atoms with Crippen LogP contribution in [0.3, 0.4) is 0 Å². The van der Waals surface area contributed by atoms with Crippen LogP contribution >= 0.6 is 0 Å². The number of hydrogen-bond donors (Lipinski definition) is 2. The van der Waals surface area contributed by atoms with E-state index in [0.29, 0.717) is 11.5 Å². The van der Waals surface area contributed by atoms with Crippen molar-refractivity contribution in [2.45, 2.75) is 13.5 Å². The van der Waals surface area contributed by atoms with E-state index >= 15 is 0 Å². The number of aromatic amines is 1. The van der Waals surface area contributed by atoms with Gasteiger partial charge >= 0.3 is 0 Å². The van der Waals surface area contributed by atoms with Crippen molar-refractivity contribution in [3.8, 4) is 11.4 Å². The van der Waals surface area contributed by atoms with Gasteiger partial charge in [0.05, 0.1) is 5.69 Å². The van der Waals surface area contributed by atoms with E-state index in [1.807, 2.05) is 13.0 Å². The predicted octanol–water partition coefficient (Wildman–Crippen LogP) is 0.599. The summed E-state index contributed by atoms with van der Waals surface area (Å²) in [6.45, 7) is 2.18. The van der Waals surface area contributed by atoms with Gasteiger partial charge in [0.2, 0.25) is 0 Å². The first kappa shape index (κ1) is 10.5. The molecule has 2 aromatic rings. The van der Waals surface area contributed by atoms with Crippen LogP contribution in [0.25, 0.3) is 11.4 Å². The summed E-state index contributed by atoms with van der Waals surface area (Å²) in [7, 11) is 0. The lowest BCUT2D eigenvalue weighted by Gasteiger charge is -2.05. The lowest BCUT2D eigenvalue weighted by Crippen LogP contribution is -2.13. The monoisotopic (exact) mass is 216 g/mol. The Morgan fingerprint density at radius 1 is 1.50 bits per heavy atom. The molecule has 0 aliphatic carbocycles. The van der Waals surface area contributed by atoms with Gasteiger partial charge in [-0.25, -0.2) is 4.98 Å². The third kappa shape index (κ3) is 1.99. The molecule has 2 heterocycles. The first-order chi connectivity index (χ1) is 7.70. The summed E-state index contributed by atoms with van der Waals surface area (Å²) >= 11 is 0. The zero-order valence-corrected chi connectivity index (χ0v) is 8.90. The smallest absolute Gasteiger partial charge is 0.251 e. The fourth-order valence-corrected chi connectivity index (χ4v) is 1.45. The SMILES string of the molecule is Cc1ccncc1-c1nc(CN)cc(=O)[nH]1. The van der Waals surface area contributed by atoms with Crippen LogP contribution in [-0.2, 0) is 6.54 Å². The van der Waals surface area contributed by atoms with E-state index in [0.717, 1.165) is 11.1 Å². The quantitative estimate of drug-likeness (QED) is 0.769. The second kappa shape index (κ2) is 4.24. The highest BCUT2D eigenvalue weighted by Crippen LogP contribution is 2.16. The number of hydrogen-bond acceptors (Lipinski definition) is 4. The lowest BCUT2D eigenvalue weighted by molar-refractivity contribution is 0.954. The highest BCUT2D eigenvalue weighted by Gasteiger charge is 2.05. The van der Waals surface area contributed by atoms with E-state index in [2.05, 4.69) is 15.0 Å². The van der Waals surface area contributed by atoms with Gasteiger partial charge in [0.1, 0.15) is 5.82 Å². The van der Waals surface area contributed by atoms with E-state index in [-0.39, 0.29) is 12.1 Å². The van der Waals surface area contributed by atoms with Gasteiger partial charge in [0.15, 0.2) is 0 Å². The molecule has 5 heteroatoms. The van der Waals surface area contributed by atoms with E-state index in [9.17, 15) is 4.79 Å². The number of rotatable bonds is 2. The maximum absolute atomic E-state index is 11.4. The second-order valence-corrected chi connectivity index (χ2v) is 3.48. The van der Waals surface area contributed by atoms with E-state index < -0.39 is 0 Å². The second-order valence-electron chi connectivity index (χ2n) is 3.48. The molecule has 82 valence electrons. The van der Waals surface area contributed by atoms with Gasteiger partial charge in [-0.05, 0) is 18.6 Å². The molecule has 0 aliphatic rings. The molecule has 2 aromatic heterocycles. The van der Waals surface area contributed by atoms with Crippen LogP contribution in [0.15, 0.2) is 29.3 Å². The van der Waals surface area contributed by atoms with Gasteiger partial charge in [-0.1, -0.05) is 0 Å². The Labute approximate surface area is 92.4 Å². The van der Waals surface area contributed by atoms with Crippen LogP contribution in [0.1, 0.15) is 11.3 Å². The Hall–Kier alpha value is -2.01. The molecule has 5 nitrogen and oxygen atoms in total. The third-order valence-corrected chi connectivity index (χ3v) is 2.30. The van der Waals surface area contributed by atoms with Crippen molar-refractivity contribution in [3.63, 3.8) is 0 Å². The first-order valence-corrected chi connectivity index (χ1v) is 4.92. The molecule has 3 N–H and O–H groups in total. The number of H-pyrrole nitrogens is 1. The summed E-state index contributed by atoms with van der Waals surface area (Å²) < 4.78 is 0. The molecule has 0 amide bonds. The fourth-order valence-electron chi connectivity index (χ4n) is 1.45. The summed E-state index contributed by atoms with van der Waals surface area (Å²) in [5, 5.41) is 0. The van der Waals surface area contributed by atoms with Crippen molar-refractivity contribution in [1.82, 2.24) is 15.0 Å². The Kier molecular flexibility index (Phi) is 2.78. The molecular formula is C11H12N4O. The number of aryl methyl sites for hydroxylation is 1. The van der Waals surface area contributed by atoms with Gasteiger partial charge in [-0.2, -0.15) is 0 Å². The van der Waals surface area contributed by atoms with Crippen molar-refractivity contribution < 1.29 is 0 Å². The molecule has 0 unspecified atom stereocenters. The molecule has 0 fully saturated rings. The molecule has 0 radical (unpaired) electrons. The van der Waals surface area contributed by atoms with Gasteiger partial charge in [0.25, 0.3) is 5.56 Å². The van der Waals surface area contributed by atoms with Crippen molar-refractivity contribution in [2.75, 3.05) is 0 Å². The number of nitrogens with two attached hydrogens (primary N) is 1. The molecule has 2 rings (SSSR count). The minimum absolute atomic E-state index is 0.200. The van der Waals surface area contributed by atoms with Crippen LogP contribution in [-0.4, -0.2) is 15.0 Å². The van der Waals surface area contributed by atoms with E-state index in [4.69, 9.17) is 5.73 Å². The van der Waals surface area contributed by atoms with Gasteiger partial charge in [-0.3, -0.25) is 9.78 Å². The van der Waals surface area contributed by atoms with Crippen LogP contribution < -0.4 is 11.3 Å². The van der Waals surface area contributed by atoms with Crippen molar-refractivity contribution in [2.24, 2.45) is 5.73 Å². The minimum Gasteiger partial charge on any atom is -0.325 e. The zero-order chi connectivity index (χ0) is 11.5. The Bertz CT molecular complexity index is 562. The third-order valence-electron chi connectivity index (χ3n) is 2.30. The minimum atomic E-state index is -0.200. The van der Waals surface area contributed by atoms with Crippen molar-refractivity contribution >= 4 is 0 Å². The van der Waals surface area contributed by atoms with Crippen LogP contribution in [0.5, 0.6) is 0 Å². The van der Waals surface area contributed by atoms with Gasteiger partial charge in [0, 0.05) is 30.6 Å². The molecule has 0 saturated heterocycles. The lowest BCUT2D eigenvalue weighted by atomic mass is 10.1. The summed E-state index contributed by atoms with van der Waals surface area (Å²) in [5.41, 5.74) is 7.67. The van der Waals surface area contributed by atoms with E-state index in [1.54, 1.807) is 12.4 Å². The van der Waals surface area contributed by atoms with Crippen LogP contribution in [0.4, 0.5) is 0 Å². The maximum atomic E-state index is 11.4. The zero-order valence-electron chi connectivity index (χ0n) is 8.90. The average molecular weight is 216 g/mol. The van der Waals surface area contributed by atoms with Gasteiger partial charge in [-0.15, -0.1) is 0 Å². The topological polar surface area (TPSA) is 84.7 Å². The number of nitrogens with zero attached hydrogens (tertiary/aromatic N) is 2. The number of nitrogens with one attached hydrogen (secondary N) is 1. The van der Waals surface area contributed by atoms with Crippen LogP contribution in [0.2, 0.25) is 0 Å². The predicted molar refractivity (Wildman–Crippen MR) is 60.7 cm³/mol. The van der Waals surface area contributed by atoms with Crippen LogP contribution in [0, 0.1) is 6.92 Å². The van der Waals surface area contributed by atoms with Crippen molar-refractivity contribution in [1.29, 1.82) is 0 Å². The Balaban J connectivity index is 2.60.